The third-order valence-corrected chi connectivity index (χ3v) is 3.55. The van der Waals surface area contributed by atoms with Crippen molar-refractivity contribution in [2.45, 2.75) is 58.6 Å². The lowest BCUT2D eigenvalue weighted by Crippen LogP contribution is -2.33. The molecule has 1 saturated heterocycles. The van der Waals surface area contributed by atoms with Crippen molar-refractivity contribution in [3.63, 3.8) is 0 Å². The maximum atomic E-state index is 5.67. The van der Waals surface area contributed by atoms with Crippen molar-refractivity contribution in [1.29, 1.82) is 0 Å². The quantitative estimate of drug-likeness (QED) is 0.741. The molecule has 1 heterocycles. The van der Waals surface area contributed by atoms with Crippen molar-refractivity contribution in [2.24, 2.45) is 0 Å². The largest absolute Gasteiger partial charge is 0.377 e. The van der Waals surface area contributed by atoms with E-state index in [1.807, 2.05) is 0 Å². The Labute approximate surface area is 107 Å². The van der Waals surface area contributed by atoms with Crippen molar-refractivity contribution in [3.05, 3.63) is 0 Å². The normalized spacial score (nSPS) is 24.5. The van der Waals surface area contributed by atoms with Gasteiger partial charge in [0.1, 0.15) is 0 Å². The molecule has 2 unspecified atom stereocenters. The van der Waals surface area contributed by atoms with E-state index in [1.165, 1.54) is 38.8 Å². The van der Waals surface area contributed by atoms with Crippen LogP contribution in [-0.4, -0.2) is 49.8 Å². The van der Waals surface area contributed by atoms with E-state index in [-0.39, 0.29) is 0 Å². The molecular weight excluding hydrogens is 212 g/mol. The van der Waals surface area contributed by atoms with E-state index in [2.05, 4.69) is 31.0 Å². The van der Waals surface area contributed by atoms with Gasteiger partial charge in [-0.05, 0) is 45.7 Å². The molecule has 1 rings (SSSR count). The zero-order chi connectivity index (χ0) is 12.5. The van der Waals surface area contributed by atoms with E-state index < -0.39 is 0 Å². The van der Waals surface area contributed by atoms with Crippen LogP contribution in [-0.2, 0) is 4.74 Å². The van der Waals surface area contributed by atoms with Gasteiger partial charge in [0.25, 0.3) is 0 Å². The molecular formula is C14H30N2O. The molecule has 0 aromatic carbocycles. The molecule has 0 spiro atoms. The summed E-state index contributed by atoms with van der Waals surface area (Å²) in [5.74, 6) is 0. The summed E-state index contributed by atoms with van der Waals surface area (Å²) in [6.07, 6.45) is 5.45. The number of hydrogen-bond acceptors (Lipinski definition) is 3. The van der Waals surface area contributed by atoms with Gasteiger partial charge >= 0.3 is 0 Å². The third-order valence-electron chi connectivity index (χ3n) is 3.55. The lowest BCUT2D eigenvalue weighted by molar-refractivity contribution is 0.0674. The monoisotopic (exact) mass is 242 g/mol. The predicted octanol–water partition coefficient (Wildman–Crippen LogP) is 2.27. The molecule has 0 saturated carbocycles. The maximum absolute atomic E-state index is 5.67. The van der Waals surface area contributed by atoms with Crippen molar-refractivity contribution in [1.82, 2.24) is 10.2 Å². The fourth-order valence-electron chi connectivity index (χ4n) is 2.58. The Morgan fingerprint density at radius 3 is 2.94 bits per heavy atom. The molecule has 1 N–H and O–H groups in total. The minimum Gasteiger partial charge on any atom is -0.377 e. The second kappa shape index (κ2) is 8.90. The van der Waals surface area contributed by atoms with E-state index in [4.69, 9.17) is 4.74 Å². The standard InChI is InChI=1S/C14H30N2O/c1-4-14(15-5-2)8-6-9-16-10-7-11-17-13(3)12-16/h13-15H,4-12H2,1-3H3. The van der Waals surface area contributed by atoms with Gasteiger partial charge in [0.2, 0.25) is 0 Å². The van der Waals surface area contributed by atoms with E-state index >= 15 is 0 Å². The van der Waals surface area contributed by atoms with Gasteiger partial charge in [-0.1, -0.05) is 13.8 Å². The molecule has 1 aliphatic heterocycles. The second-order valence-corrected chi connectivity index (χ2v) is 5.14. The molecule has 0 amide bonds. The summed E-state index contributed by atoms with van der Waals surface area (Å²) < 4.78 is 5.67. The van der Waals surface area contributed by atoms with Crippen LogP contribution in [0, 0.1) is 0 Å². The van der Waals surface area contributed by atoms with Crippen LogP contribution in [0.3, 0.4) is 0 Å². The molecule has 3 nitrogen and oxygen atoms in total. The van der Waals surface area contributed by atoms with Gasteiger partial charge in [-0.25, -0.2) is 0 Å². The molecule has 3 heteroatoms. The van der Waals surface area contributed by atoms with E-state index in [1.54, 1.807) is 0 Å². The summed E-state index contributed by atoms with van der Waals surface area (Å²) >= 11 is 0. The Balaban J connectivity index is 2.15. The number of hydrogen-bond donors (Lipinski definition) is 1. The van der Waals surface area contributed by atoms with Gasteiger partial charge in [0.15, 0.2) is 0 Å². The first-order chi connectivity index (χ1) is 8.26. The molecule has 17 heavy (non-hydrogen) atoms. The lowest BCUT2D eigenvalue weighted by Gasteiger charge is -2.23. The molecule has 1 aliphatic rings. The van der Waals surface area contributed by atoms with Crippen molar-refractivity contribution < 1.29 is 4.74 Å². The molecule has 102 valence electrons. The fraction of sp³-hybridized carbons (Fsp3) is 1.00. The minimum absolute atomic E-state index is 0.410. The third kappa shape index (κ3) is 6.39. The lowest BCUT2D eigenvalue weighted by atomic mass is 10.1. The summed E-state index contributed by atoms with van der Waals surface area (Å²) in [6, 6.07) is 0.709. The summed E-state index contributed by atoms with van der Waals surface area (Å²) in [5, 5.41) is 3.55. The first kappa shape index (κ1) is 14.9. The van der Waals surface area contributed by atoms with Gasteiger partial charge in [-0.2, -0.15) is 0 Å². The molecule has 0 aromatic rings. The van der Waals surface area contributed by atoms with Gasteiger partial charge < -0.3 is 15.0 Å². The van der Waals surface area contributed by atoms with Gasteiger partial charge in [-0.15, -0.1) is 0 Å². The van der Waals surface area contributed by atoms with Crippen molar-refractivity contribution in [2.75, 3.05) is 32.8 Å². The molecule has 0 radical (unpaired) electrons. The molecule has 0 aromatic heterocycles. The molecule has 0 bridgehead atoms. The van der Waals surface area contributed by atoms with E-state index in [0.29, 0.717) is 12.1 Å². The highest BCUT2D eigenvalue weighted by molar-refractivity contribution is 4.69. The van der Waals surface area contributed by atoms with Crippen LogP contribution in [0.25, 0.3) is 0 Å². The SMILES string of the molecule is CCNC(CC)CCCN1CCCOC(C)C1. The van der Waals surface area contributed by atoms with E-state index in [9.17, 15) is 0 Å². The first-order valence-electron chi connectivity index (χ1n) is 7.33. The predicted molar refractivity (Wildman–Crippen MR) is 73.5 cm³/mol. The zero-order valence-electron chi connectivity index (χ0n) is 11.9. The van der Waals surface area contributed by atoms with Crippen molar-refractivity contribution >= 4 is 0 Å². The summed E-state index contributed by atoms with van der Waals surface area (Å²) in [5.41, 5.74) is 0. The highest BCUT2D eigenvalue weighted by atomic mass is 16.5. The number of nitrogens with one attached hydrogen (secondary N) is 1. The molecule has 1 fully saturated rings. The van der Waals surface area contributed by atoms with Crippen LogP contribution < -0.4 is 5.32 Å². The Morgan fingerprint density at radius 2 is 2.24 bits per heavy atom. The molecule has 2 atom stereocenters. The maximum Gasteiger partial charge on any atom is 0.0673 e. The summed E-state index contributed by atoms with van der Waals surface area (Å²) in [6.45, 7) is 12.2. The average molecular weight is 242 g/mol. The summed E-state index contributed by atoms with van der Waals surface area (Å²) in [7, 11) is 0. The first-order valence-corrected chi connectivity index (χ1v) is 7.33. The van der Waals surface area contributed by atoms with Crippen LogP contribution in [0.1, 0.15) is 46.5 Å². The van der Waals surface area contributed by atoms with Crippen LogP contribution in [0.2, 0.25) is 0 Å². The minimum atomic E-state index is 0.410. The fourth-order valence-corrected chi connectivity index (χ4v) is 2.58. The topological polar surface area (TPSA) is 24.5 Å². The van der Waals surface area contributed by atoms with Gasteiger partial charge in [0.05, 0.1) is 6.10 Å². The van der Waals surface area contributed by atoms with E-state index in [0.717, 1.165) is 19.7 Å². The smallest absolute Gasteiger partial charge is 0.0673 e. The van der Waals surface area contributed by atoms with Crippen LogP contribution in [0.15, 0.2) is 0 Å². The van der Waals surface area contributed by atoms with Crippen molar-refractivity contribution in [3.8, 4) is 0 Å². The summed E-state index contributed by atoms with van der Waals surface area (Å²) in [4.78, 5) is 2.57. The number of rotatable bonds is 7. The van der Waals surface area contributed by atoms with Crippen LogP contribution in [0.4, 0.5) is 0 Å². The number of nitrogens with zero attached hydrogens (tertiary/aromatic N) is 1. The highest BCUT2D eigenvalue weighted by Gasteiger charge is 2.14. The Hall–Kier alpha value is -0.120. The van der Waals surface area contributed by atoms with Gasteiger partial charge in [0, 0.05) is 25.7 Å². The Morgan fingerprint density at radius 1 is 1.41 bits per heavy atom. The second-order valence-electron chi connectivity index (χ2n) is 5.14. The van der Waals surface area contributed by atoms with Crippen LogP contribution >= 0.6 is 0 Å². The van der Waals surface area contributed by atoms with Gasteiger partial charge in [-0.3, -0.25) is 0 Å². The number of ether oxygens (including phenoxy) is 1. The highest BCUT2D eigenvalue weighted by Crippen LogP contribution is 2.08. The Kier molecular flexibility index (Phi) is 7.82. The zero-order valence-corrected chi connectivity index (χ0v) is 11.9. The Bertz CT molecular complexity index is 187. The average Bonchev–Trinajstić information content (AvgIpc) is 2.52. The van der Waals surface area contributed by atoms with Crippen LogP contribution in [0.5, 0.6) is 0 Å². The molecule has 0 aliphatic carbocycles.